The molecule has 0 spiro atoms. The van der Waals surface area contributed by atoms with Crippen LogP contribution in [-0.2, 0) is 56.8 Å². The summed E-state index contributed by atoms with van der Waals surface area (Å²) in [4.78, 5) is 0. The van der Waals surface area contributed by atoms with E-state index < -0.39 is 192 Å². The quantitative estimate of drug-likeness (QED) is 0.0540. The highest BCUT2D eigenvalue weighted by Gasteiger charge is 2.69. The summed E-state index contributed by atoms with van der Waals surface area (Å²) < 4.78 is 72.8. The molecule has 0 radical (unpaired) electrons. The van der Waals surface area contributed by atoms with Gasteiger partial charge in [-0.25, -0.2) is 0 Å². The van der Waals surface area contributed by atoms with Gasteiger partial charge in [-0.05, 0) is 104 Å². The Morgan fingerprint density at radius 3 is 1.73 bits per heavy atom. The highest BCUT2D eigenvalue weighted by Crippen LogP contribution is 2.71. The standard InChI is InChI=1S/C57H96O28/c1-22(20-75-50-44(71)40(67)37(64)31(16-58)78-50)8-13-57(74-5)23(2)35-30(85-57)15-28-26-7-6-24-14-25(9-11-55(24,3)27(26)10-12-56(28,35)4)77-52-46(73)42(69)47(34(19-61)81-52)82-54-49(84-53-45(72)41(68)38(65)32(17-59)79-53)48(39(66)33(18-60)80-54)83-51-43(70)36(63)29(62)21-76-51/h22-54,58-73H,6-21H2,1-5H3/t22-,23+,24+,25+,26-,27+,28+,29-,30+,31-,32-,33-,34-,35+,36+,37-,38+,39-,40+,41+,42-,43-,44-,45-,46-,47+,48+,49-,50-,51+,52-,53+,54+,55+,56+,57-/m1/s1. The third-order valence-electron chi connectivity index (χ3n) is 22.1. The van der Waals surface area contributed by atoms with Crippen molar-refractivity contribution in [2.75, 3.05) is 46.8 Å². The molecule has 0 aromatic carbocycles. The smallest absolute Gasteiger partial charge is 0.187 e. The zero-order valence-corrected chi connectivity index (χ0v) is 48.9. The fourth-order valence-corrected chi connectivity index (χ4v) is 17.2. The molecule has 85 heavy (non-hydrogen) atoms. The summed E-state index contributed by atoms with van der Waals surface area (Å²) in [5.74, 6) is 1.23. The van der Waals surface area contributed by atoms with Crippen LogP contribution in [-0.4, -0.2) is 294 Å². The fourth-order valence-electron chi connectivity index (χ4n) is 17.2. The molecule has 28 nitrogen and oxygen atoms in total. The van der Waals surface area contributed by atoms with Gasteiger partial charge in [-0.3, -0.25) is 0 Å². The molecule has 10 aliphatic rings. The molecule has 6 saturated heterocycles. The van der Waals surface area contributed by atoms with E-state index in [4.69, 9.17) is 56.8 Å². The first-order valence-electron chi connectivity index (χ1n) is 30.7. The summed E-state index contributed by atoms with van der Waals surface area (Å²) in [7, 11) is 1.71. The first-order valence-corrected chi connectivity index (χ1v) is 30.7. The van der Waals surface area contributed by atoms with Crippen LogP contribution in [0.5, 0.6) is 0 Å². The molecule has 10 rings (SSSR count). The minimum absolute atomic E-state index is 0.00540. The highest BCUT2D eigenvalue weighted by molar-refractivity contribution is 5.15. The van der Waals surface area contributed by atoms with E-state index in [2.05, 4.69) is 20.8 Å². The zero-order valence-electron chi connectivity index (χ0n) is 48.9. The predicted molar refractivity (Wildman–Crippen MR) is 283 cm³/mol. The number of ether oxygens (including phenoxy) is 12. The van der Waals surface area contributed by atoms with E-state index in [1.807, 2.05) is 6.92 Å². The number of aliphatic hydroxyl groups excluding tert-OH is 16. The molecule has 0 unspecified atom stereocenters. The van der Waals surface area contributed by atoms with Gasteiger partial charge in [0, 0.05) is 19.4 Å². The Morgan fingerprint density at radius 2 is 1.07 bits per heavy atom. The SMILES string of the molecule is CO[C@]1(CC[C@@H](C)CO[C@@H]2O[C@H](CO)[C@@H](O)[C@H](O)[C@H]2O)O[C@H]2C[C@H]3[C@@H]4CC[C@H]5C[C@@H](O[C@@H]6O[C@H](CO)[C@H](O[C@@H]7O[C@H](CO)[C@@H](O)[C@H](O[C@@H]8OC[C@@H](O)[C@H](O)[C@H]8O)[C@H]7O[C@@H]7O[C@H](CO)[C@H](O)[C@H](O)[C@H]7O)[C@H](O)[C@H]6O)CC[C@]5(C)[C@H]4CC[C@]3(C)[C@H]2[C@@H]1C. The number of aliphatic hydroxyl groups is 16. The summed E-state index contributed by atoms with van der Waals surface area (Å²) in [6.07, 6.45) is -32.1. The lowest BCUT2D eigenvalue weighted by Crippen LogP contribution is -2.68. The average Bonchev–Trinajstić information content (AvgIpc) is 1.60. The van der Waals surface area contributed by atoms with Crippen molar-refractivity contribution in [1.29, 1.82) is 0 Å². The second kappa shape index (κ2) is 26.8. The molecule has 4 aliphatic carbocycles. The second-order valence-corrected chi connectivity index (χ2v) is 26.8. The maximum Gasteiger partial charge on any atom is 0.187 e. The predicted octanol–water partition coefficient (Wildman–Crippen LogP) is -4.84. The largest absolute Gasteiger partial charge is 0.394 e. The van der Waals surface area contributed by atoms with Crippen molar-refractivity contribution < 1.29 is 139 Å². The van der Waals surface area contributed by atoms with Crippen LogP contribution < -0.4 is 0 Å². The zero-order chi connectivity index (χ0) is 61.4. The van der Waals surface area contributed by atoms with Crippen LogP contribution in [0.4, 0.5) is 0 Å². The minimum atomic E-state index is -2.02. The van der Waals surface area contributed by atoms with Crippen LogP contribution in [0.2, 0.25) is 0 Å². The van der Waals surface area contributed by atoms with Crippen LogP contribution in [0.15, 0.2) is 0 Å². The minimum Gasteiger partial charge on any atom is -0.394 e. The summed E-state index contributed by atoms with van der Waals surface area (Å²) in [5.41, 5.74) is 0.0173. The Morgan fingerprint density at radius 1 is 0.518 bits per heavy atom. The van der Waals surface area contributed by atoms with E-state index in [0.717, 1.165) is 38.5 Å². The molecule has 0 aromatic heterocycles. The summed E-state index contributed by atoms with van der Waals surface area (Å²) in [6, 6.07) is 0. The number of methoxy groups -OCH3 is 1. The van der Waals surface area contributed by atoms with E-state index in [0.29, 0.717) is 43.4 Å². The Hall–Kier alpha value is -1.12. The number of rotatable bonds is 19. The van der Waals surface area contributed by atoms with Crippen molar-refractivity contribution in [3.8, 4) is 0 Å². The van der Waals surface area contributed by atoms with Crippen LogP contribution in [0, 0.1) is 52.3 Å². The molecule has 28 heteroatoms. The summed E-state index contributed by atoms with van der Waals surface area (Å²) in [6.45, 7) is 5.72. The van der Waals surface area contributed by atoms with Gasteiger partial charge in [-0.2, -0.15) is 0 Å². The Labute approximate surface area is 493 Å². The van der Waals surface area contributed by atoms with Crippen LogP contribution in [0.3, 0.4) is 0 Å². The third-order valence-corrected chi connectivity index (χ3v) is 22.1. The van der Waals surface area contributed by atoms with Crippen LogP contribution in [0.1, 0.15) is 91.9 Å². The lowest BCUT2D eigenvalue weighted by molar-refractivity contribution is -0.404. The maximum atomic E-state index is 11.9. The molecule has 0 amide bonds. The molecule has 10 fully saturated rings. The van der Waals surface area contributed by atoms with Gasteiger partial charge in [-0.1, -0.05) is 27.7 Å². The van der Waals surface area contributed by atoms with Crippen LogP contribution in [0.25, 0.3) is 0 Å². The van der Waals surface area contributed by atoms with Crippen molar-refractivity contribution in [1.82, 2.24) is 0 Å². The van der Waals surface area contributed by atoms with E-state index in [1.165, 1.54) is 0 Å². The van der Waals surface area contributed by atoms with Crippen molar-refractivity contribution >= 4 is 0 Å². The van der Waals surface area contributed by atoms with Gasteiger partial charge in [0.1, 0.15) is 116 Å². The third kappa shape index (κ3) is 12.3. The molecular formula is C57H96O28. The molecule has 4 saturated carbocycles. The molecule has 0 aromatic rings. The lowest BCUT2D eigenvalue weighted by atomic mass is 9.44. The molecule has 16 N–H and O–H groups in total. The molecule has 0 bridgehead atoms. The van der Waals surface area contributed by atoms with Gasteiger partial charge in [0.2, 0.25) is 0 Å². The van der Waals surface area contributed by atoms with Gasteiger partial charge in [0.05, 0.1) is 51.8 Å². The van der Waals surface area contributed by atoms with E-state index in [9.17, 15) is 81.7 Å². The molecule has 492 valence electrons. The lowest BCUT2D eigenvalue weighted by Gasteiger charge is -2.61. The number of fused-ring (bicyclic) bond motifs is 7. The number of hydrogen-bond acceptors (Lipinski definition) is 28. The molecule has 6 aliphatic heterocycles. The van der Waals surface area contributed by atoms with Crippen molar-refractivity contribution in [2.45, 2.75) is 257 Å². The van der Waals surface area contributed by atoms with E-state index in [-0.39, 0.29) is 47.2 Å². The molecule has 6 heterocycles. The summed E-state index contributed by atoms with van der Waals surface area (Å²) >= 11 is 0. The molecule has 36 atom stereocenters. The Kier molecular flexibility index (Phi) is 21.1. The Bertz CT molecular complexity index is 2150. The van der Waals surface area contributed by atoms with E-state index in [1.54, 1.807) is 7.11 Å². The summed E-state index contributed by atoms with van der Waals surface area (Å²) in [5, 5.41) is 170. The number of hydrogen-bond donors (Lipinski definition) is 16. The first kappa shape index (κ1) is 66.8. The Balaban J connectivity index is 0.764. The highest BCUT2D eigenvalue weighted by atomic mass is 16.8. The monoisotopic (exact) mass is 1230 g/mol. The average molecular weight is 1230 g/mol. The van der Waals surface area contributed by atoms with Gasteiger partial charge in [0.15, 0.2) is 37.2 Å². The van der Waals surface area contributed by atoms with Crippen molar-refractivity contribution in [3.63, 3.8) is 0 Å². The maximum absolute atomic E-state index is 11.9. The van der Waals surface area contributed by atoms with Crippen molar-refractivity contribution in [3.05, 3.63) is 0 Å². The fraction of sp³-hybridized carbons (Fsp3) is 1.00. The van der Waals surface area contributed by atoms with Gasteiger partial charge in [0.25, 0.3) is 0 Å². The van der Waals surface area contributed by atoms with Gasteiger partial charge < -0.3 is 139 Å². The van der Waals surface area contributed by atoms with Gasteiger partial charge >= 0.3 is 0 Å². The van der Waals surface area contributed by atoms with E-state index >= 15 is 0 Å². The second-order valence-electron chi connectivity index (χ2n) is 26.8. The van der Waals surface area contributed by atoms with Crippen molar-refractivity contribution in [2.24, 2.45) is 52.3 Å². The van der Waals surface area contributed by atoms with Gasteiger partial charge in [-0.15, -0.1) is 0 Å². The van der Waals surface area contributed by atoms with Crippen LogP contribution >= 0.6 is 0 Å². The first-order chi connectivity index (χ1) is 40.4. The normalized spacial score (nSPS) is 54.9. The molecular weight excluding hydrogens is 1130 g/mol. The topological polar surface area (TPSA) is 434 Å².